The van der Waals surface area contributed by atoms with Crippen molar-refractivity contribution < 1.29 is 13.5 Å². The van der Waals surface area contributed by atoms with Crippen LogP contribution in [-0.4, -0.2) is 55.7 Å². The number of hydrogen-bond acceptors (Lipinski definition) is 4. The van der Waals surface area contributed by atoms with E-state index in [1.807, 2.05) is 0 Å². The Morgan fingerprint density at radius 1 is 1.26 bits per heavy atom. The predicted molar refractivity (Wildman–Crippen MR) is 74.6 cm³/mol. The van der Waals surface area contributed by atoms with Crippen molar-refractivity contribution in [2.45, 2.75) is 25.3 Å². The fourth-order valence-electron chi connectivity index (χ4n) is 4.02. The molecule has 2 bridgehead atoms. The molecule has 1 aliphatic heterocycles. The number of fused-ring (bicyclic) bond motifs is 2. The third-order valence-corrected chi connectivity index (χ3v) is 6.75. The minimum absolute atomic E-state index is 0.118. The van der Waals surface area contributed by atoms with Crippen LogP contribution in [-0.2, 0) is 9.84 Å². The summed E-state index contributed by atoms with van der Waals surface area (Å²) in [7, 11) is -2.84. The van der Waals surface area contributed by atoms with Crippen LogP contribution in [0.1, 0.15) is 19.3 Å². The third-order valence-electron chi connectivity index (χ3n) is 5.00. The van der Waals surface area contributed by atoms with Gasteiger partial charge in [0, 0.05) is 19.1 Å². The van der Waals surface area contributed by atoms with Crippen molar-refractivity contribution in [2.24, 2.45) is 17.8 Å². The molecule has 2 fully saturated rings. The first-order valence-electron chi connectivity index (χ1n) is 7.31. The summed E-state index contributed by atoms with van der Waals surface area (Å²) in [5.74, 6) is 2.69. The quantitative estimate of drug-likeness (QED) is 0.755. The highest BCUT2D eigenvalue weighted by molar-refractivity contribution is 7.91. The van der Waals surface area contributed by atoms with Crippen LogP contribution >= 0.6 is 0 Å². The Kier molecular flexibility index (Phi) is 3.71. The summed E-state index contributed by atoms with van der Waals surface area (Å²) in [5, 5.41) is 9.23. The molecular formula is C14H23NO3S. The number of aliphatic hydroxyl groups is 1. The molecule has 3 rings (SSSR count). The summed E-state index contributed by atoms with van der Waals surface area (Å²) in [6.45, 7) is 1.68. The average Bonchev–Trinajstić information content (AvgIpc) is 3.03. The van der Waals surface area contributed by atoms with Crippen LogP contribution in [0.5, 0.6) is 0 Å². The SMILES string of the molecule is O=S1(=O)CCC(N(CCO)CC2CC3C=CC2C3)C1. The summed E-state index contributed by atoms with van der Waals surface area (Å²) in [6, 6.07) is 0.125. The summed E-state index contributed by atoms with van der Waals surface area (Å²) < 4.78 is 23.2. The number of sulfone groups is 1. The van der Waals surface area contributed by atoms with Gasteiger partial charge in [-0.25, -0.2) is 8.42 Å². The van der Waals surface area contributed by atoms with Gasteiger partial charge in [-0.05, 0) is 37.0 Å². The molecule has 0 aromatic carbocycles. The Morgan fingerprint density at radius 2 is 2.11 bits per heavy atom. The maximum atomic E-state index is 11.6. The van der Waals surface area contributed by atoms with E-state index in [4.69, 9.17) is 0 Å². The Morgan fingerprint density at radius 3 is 2.63 bits per heavy atom. The first-order valence-corrected chi connectivity index (χ1v) is 9.13. The zero-order chi connectivity index (χ0) is 13.5. The molecule has 0 spiro atoms. The van der Waals surface area contributed by atoms with E-state index in [1.165, 1.54) is 12.8 Å². The number of aliphatic hydroxyl groups excluding tert-OH is 1. The van der Waals surface area contributed by atoms with E-state index in [9.17, 15) is 13.5 Å². The smallest absolute Gasteiger partial charge is 0.151 e. The molecule has 0 aromatic rings. The Balaban J connectivity index is 1.63. The largest absolute Gasteiger partial charge is 0.395 e. The summed E-state index contributed by atoms with van der Waals surface area (Å²) in [6.07, 6.45) is 7.92. The van der Waals surface area contributed by atoms with Crippen LogP contribution in [0.2, 0.25) is 0 Å². The van der Waals surface area contributed by atoms with Crippen LogP contribution in [0.4, 0.5) is 0 Å². The van der Waals surface area contributed by atoms with Crippen molar-refractivity contribution in [3.05, 3.63) is 12.2 Å². The Bertz CT molecular complexity index is 459. The van der Waals surface area contributed by atoms with Gasteiger partial charge in [0.25, 0.3) is 0 Å². The zero-order valence-electron chi connectivity index (χ0n) is 11.2. The van der Waals surface area contributed by atoms with Crippen molar-refractivity contribution in [2.75, 3.05) is 31.2 Å². The molecule has 1 saturated carbocycles. The fraction of sp³-hybridized carbons (Fsp3) is 0.857. The van der Waals surface area contributed by atoms with Crippen LogP contribution in [0.15, 0.2) is 12.2 Å². The molecule has 108 valence electrons. The van der Waals surface area contributed by atoms with Gasteiger partial charge in [0.15, 0.2) is 9.84 Å². The molecule has 0 amide bonds. The molecular weight excluding hydrogens is 262 g/mol. The van der Waals surface area contributed by atoms with Crippen molar-refractivity contribution in [1.29, 1.82) is 0 Å². The second-order valence-electron chi connectivity index (χ2n) is 6.32. The molecule has 2 aliphatic carbocycles. The molecule has 4 unspecified atom stereocenters. The van der Waals surface area contributed by atoms with Gasteiger partial charge in [0.1, 0.15) is 0 Å². The monoisotopic (exact) mass is 285 g/mol. The maximum absolute atomic E-state index is 11.6. The molecule has 4 nitrogen and oxygen atoms in total. The van der Waals surface area contributed by atoms with Gasteiger partial charge in [-0.2, -0.15) is 0 Å². The first-order chi connectivity index (χ1) is 9.07. The van der Waals surface area contributed by atoms with Gasteiger partial charge in [0.2, 0.25) is 0 Å². The van der Waals surface area contributed by atoms with E-state index < -0.39 is 9.84 Å². The van der Waals surface area contributed by atoms with Crippen molar-refractivity contribution in [3.63, 3.8) is 0 Å². The molecule has 5 heteroatoms. The molecule has 0 aromatic heterocycles. The van der Waals surface area contributed by atoms with Crippen LogP contribution in [0.25, 0.3) is 0 Å². The Labute approximate surface area is 115 Å². The second-order valence-corrected chi connectivity index (χ2v) is 8.54. The van der Waals surface area contributed by atoms with Gasteiger partial charge in [0.05, 0.1) is 18.1 Å². The van der Waals surface area contributed by atoms with Crippen LogP contribution in [0, 0.1) is 17.8 Å². The van der Waals surface area contributed by atoms with Crippen molar-refractivity contribution >= 4 is 9.84 Å². The number of hydrogen-bond donors (Lipinski definition) is 1. The van der Waals surface area contributed by atoms with Crippen molar-refractivity contribution in [3.8, 4) is 0 Å². The lowest BCUT2D eigenvalue weighted by Gasteiger charge is -2.32. The van der Waals surface area contributed by atoms with Crippen LogP contribution < -0.4 is 0 Å². The summed E-state index contributed by atoms with van der Waals surface area (Å²) in [5.41, 5.74) is 0. The second kappa shape index (κ2) is 5.19. The van der Waals surface area contributed by atoms with E-state index in [-0.39, 0.29) is 18.4 Å². The van der Waals surface area contributed by atoms with Crippen LogP contribution in [0.3, 0.4) is 0 Å². The fourth-order valence-corrected chi connectivity index (χ4v) is 5.78. The molecule has 0 radical (unpaired) electrons. The molecule has 19 heavy (non-hydrogen) atoms. The van der Waals surface area contributed by atoms with E-state index in [0.717, 1.165) is 18.9 Å². The first kappa shape index (κ1) is 13.6. The van der Waals surface area contributed by atoms with E-state index in [0.29, 0.717) is 24.1 Å². The predicted octanol–water partition coefficient (Wildman–Crippen LogP) is 0.680. The van der Waals surface area contributed by atoms with E-state index >= 15 is 0 Å². The number of rotatable bonds is 5. The van der Waals surface area contributed by atoms with Gasteiger partial charge in [-0.3, -0.25) is 4.90 Å². The Hall–Kier alpha value is -0.390. The molecule has 1 heterocycles. The minimum atomic E-state index is -2.84. The summed E-state index contributed by atoms with van der Waals surface area (Å²) in [4.78, 5) is 2.23. The van der Waals surface area contributed by atoms with Gasteiger partial charge < -0.3 is 5.11 Å². The maximum Gasteiger partial charge on any atom is 0.151 e. The third kappa shape index (κ3) is 2.88. The van der Waals surface area contributed by atoms with E-state index in [2.05, 4.69) is 17.1 Å². The molecule has 1 N–H and O–H groups in total. The highest BCUT2D eigenvalue weighted by Crippen LogP contribution is 2.43. The average molecular weight is 285 g/mol. The zero-order valence-corrected chi connectivity index (χ0v) is 12.1. The lowest BCUT2D eigenvalue weighted by molar-refractivity contribution is 0.133. The highest BCUT2D eigenvalue weighted by atomic mass is 32.2. The van der Waals surface area contributed by atoms with Gasteiger partial charge in [-0.15, -0.1) is 0 Å². The summed E-state index contributed by atoms with van der Waals surface area (Å²) >= 11 is 0. The lowest BCUT2D eigenvalue weighted by Crippen LogP contribution is -2.42. The normalized spacial score (nSPS) is 39.5. The van der Waals surface area contributed by atoms with E-state index in [1.54, 1.807) is 0 Å². The topological polar surface area (TPSA) is 57.6 Å². The molecule has 4 atom stereocenters. The lowest BCUT2D eigenvalue weighted by atomic mass is 9.92. The molecule has 1 saturated heterocycles. The number of allylic oxidation sites excluding steroid dienone is 2. The van der Waals surface area contributed by atoms with Gasteiger partial charge in [-0.1, -0.05) is 12.2 Å². The van der Waals surface area contributed by atoms with Gasteiger partial charge >= 0.3 is 0 Å². The number of nitrogens with zero attached hydrogens (tertiary/aromatic N) is 1. The standard InChI is InChI=1S/C14H23NO3S/c16-5-4-15(14-3-6-19(17,18)10-14)9-13-8-11-1-2-12(13)7-11/h1-2,11-14,16H,3-10H2. The molecule has 3 aliphatic rings. The minimum Gasteiger partial charge on any atom is -0.395 e. The van der Waals surface area contributed by atoms with Crippen molar-refractivity contribution in [1.82, 2.24) is 4.90 Å². The highest BCUT2D eigenvalue weighted by Gasteiger charge is 2.39.